The second-order valence-corrected chi connectivity index (χ2v) is 9.79. The predicted molar refractivity (Wildman–Crippen MR) is 120 cm³/mol. The normalized spacial score (nSPS) is 12.8. The zero-order chi connectivity index (χ0) is 20.4. The number of aryl methyl sites for hydroxylation is 2. The van der Waals surface area contributed by atoms with Gasteiger partial charge in [-0.1, -0.05) is 82.7 Å². The molecule has 2 rings (SSSR count). The van der Waals surface area contributed by atoms with Crippen LogP contribution in [0.4, 0.5) is 0 Å². The smallest absolute Gasteiger partial charge is 0.266 e. The predicted octanol–water partition coefficient (Wildman–Crippen LogP) is 6.53. The van der Waals surface area contributed by atoms with E-state index >= 15 is 0 Å². The maximum Gasteiger partial charge on any atom is 0.296 e. The minimum absolute atomic E-state index is 0.205. The summed E-state index contributed by atoms with van der Waals surface area (Å²) in [5.74, 6) is 0.317. The van der Waals surface area contributed by atoms with Crippen molar-refractivity contribution in [1.29, 1.82) is 0 Å². The average Bonchev–Trinajstić information content (AvgIpc) is 2.66. The molecule has 0 fully saturated rings. The van der Waals surface area contributed by atoms with Crippen LogP contribution >= 0.6 is 15.9 Å². The molecule has 3 nitrogen and oxygen atoms in total. The summed E-state index contributed by atoms with van der Waals surface area (Å²) in [6, 6.07) is 15.3. The third-order valence-corrected chi connectivity index (χ3v) is 6.85. The molecule has 0 bridgehead atoms. The van der Waals surface area contributed by atoms with E-state index in [-0.39, 0.29) is 11.5 Å². The van der Waals surface area contributed by atoms with E-state index in [9.17, 15) is 8.42 Å². The molecular formula is C23H31BrO3S. The molecule has 1 atom stereocenters. The quantitative estimate of drug-likeness (QED) is 0.203. The molecular weight excluding hydrogens is 436 g/mol. The molecule has 28 heavy (non-hydrogen) atoms. The summed E-state index contributed by atoms with van der Waals surface area (Å²) in [5.41, 5.74) is 3.53. The highest BCUT2D eigenvalue weighted by Crippen LogP contribution is 2.27. The van der Waals surface area contributed by atoms with Gasteiger partial charge >= 0.3 is 0 Å². The van der Waals surface area contributed by atoms with Crippen LogP contribution in [0.15, 0.2) is 53.4 Å². The van der Waals surface area contributed by atoms with Crippen molar-refractivity contribution in [2.45, 2.75) is 63.2 Å². The highest BCUT2D eigenvalue weighted by atomic mass is 79.9. The Kier molecular flexibility index (Phi) is 9.69. The minimum atomic E-state index is -3.70. The second-order valence-electron chi connectivity index (χ2n) is 7.38. The molecule has 2 aromatic carbocycles. The number of unbranched alkanes of at least 4 members (excludes halogenated alkanes) is 3. The van der Waals surface area contributed by atoms with E-state index in [2.05, 4.69) is 47.1 Å². The summed E-state index contributed by atoms with van der Waals surface area (Å²) in [4.78, 5) is 0.222. The van der Waals surface area contributed by atoms with Crippen LogP contribution in [0.5, 0.6) is 0 Å². The Balaban J connectivity index is 1.96. The van der Waals surface area contributed by atoms with Gasteiger partial charge in [-0.3, -0.25) is 4.18 Å². The van der Waals surface area contributed by atoms with Crippen molar-refractivity contribution in [2.75, 3.05) is 11.9 Å². The maximum absolute atomic E-state index is 12.4. The van der Waals surface area contributed by atoms with E-state index in [0.29, 0.717) is 12.3 Å². The van der Waals surface area contributed by atoms with E-state index in [1.807, 2.05) is 6.92 Å². The Labute approximate surface area is 178 Å². The van der Waals surface area contributed by atoms with Gasteiger partial charge in [0.15, 0.2) is 0 Å². The fraction of sp³-hybridized carbons (Fsp3) is 0.478. The first-order valence-electron chi connectivity index (χ1n) is 10.0. The molecule has 0 amide bonds. The molecule has 2 aromatic rings. The van der Waals surface area contributed by atoms with Crippen LogP contribution in [0.2, 0.25) is 0 Å². The van der Waals surface area contributed by atoms with Crippen LogP contribution in [-0.4, -0.2) is 20.4 Å². The van der Waals surface area contributed by atoms with Crippen molar-refractivity contribution >= 4 is 26.0 Å². The van der Waals surface area contributed by atoms with E-state index in [4.69, 9.17) is 4.18 Å². The van der Waals surface area contributed by atoms with Gasteiger partial charge in [-0.25, -0.2) is 0 Å². The van der Waals surface area contributed by atoms with E-state index in [0.717, 1.165) is 23.7 Å². The number of halogens is 1. The van der Waals surface area contributed by atoms with Gasteiger partial charge in [-0.15, -0.1) is 0 Å². The number of alkyl halides is 1. The molecule has 0 N–H and O–H groups in total. The maximum atomic E-state index is 12.4. The lowest BCUT2D eigenvalue weighted by molar-refractivity contribution is 0.295. The molecule has 154 valence electrons. The first-order valence-corrected chi connectivity index (χ1v) is 12.5. The van der Waals surface area contributed by atoms with Gasteiger partial charge in [0.2, 0.25) is 0 Å². The van der Waals surface area contributed by atoms with E-state index in [1.165, 1.54) is 30.4 Å². The van der Waals surface area contributed by atoms with Crippen LogP contribution in [0, 0.1) is 13.8 Å². The Morgan fingerprint density at radius 1 is 0.893 bits per heavy atom. The van der Waals surface area contributed by atoms with Gasteiger partial charge in [0.1, 0.15) is 0 Å². The van der Waals surface area contributed by atoms with Crippen molar-refractivity contribution in [3.05, 3.63) is 65.2 Å². The van der Waals surface area contributed by atoms with Crippen LogP contribution < -0.4 is 0 Å². The van der Waals surface area contributed by atoms with Crippen LogP contribution in [-0.2, 0) is 14.3 Å². The largest absolute Gasteiger partial charge is 0.296 e. The van der Waals surface area contributed by atoms with Crippen molar-refractivity contribution in [3.63, 3.8) is 0 Å². The summed E-state index contributed by atoms with van der Waals surface area (Å²) in [6.45, 7) is 4.23. The summed E-state index contributed by atoms with van der Waals surface area (Å²) < 4.78 is 30.2. The lowest BCUT2D eigenvalue weighted by atomic mass is 9.89. The fourth-order valence-electron chi connectivity index (χ4n) is 3.31. The van der Waals surface area contributed by atoms with Crippen molar-refractivity contribution in [3.8, 4) is 0 Å². The average molecular weight is 467 g/mol. The number of hydrogen-bond acceptors (Lipinski definition) is 3. The first kappa shape index (κ1) is 23.1. The molecule has 0 heterocycles. The van der Waals surface area contributed by atoms with Gasteiger partial charge < -0.3 is 0 Å². The van der Waals surface area contributed by atoms with Crippen LogP contribution in [0.3, 0.4) is 0 Å². The van der Waals surface area contributed by atoms with Crippen LogP contribution in [0.25, 0.3) is 0 Å². The molecule has 0 radical (unpaired) electrons. The van der Waals surface area contributed by atoms with Crippen molar-refractivity contribution in [1.82, 2.24) is 0 Å². The second kappa shape index (κ2) is 11.7. The lowest BCUT2D eigenvalue weighted by Gasteiger charge is -2.18. The van der Waals surface area contributed by atoms with Gasteiger partial charge in [-0.2, -0.15) is 8.42 Å². The topological polar surface area (TPSA) is 43.4 Å². The highest BCUT2D eigenvalue weighted by Gasteiger charge is 2.17. The molecule has 5 heteroatoms. The first-order chi connectivity index (χ1) is 13.4. The van der Waals surface area contributed by atoms with Gasteiger partial charge in [0.25, 0.3) is 10.1 Å². The molecule has 0 saturated heterocycles. The Bertz CT molecular complexity index is 816. The summed E-state index contributed by atoms with van der Waals surface area (Å²) in [5, 5.41) is 1.05. The van der Waals surface area contributed by atoms with Gasteiger partial charge in [0, 0.05) is 5.33 Å². The summed E-state index contributed by atoms with van der Waals surface area (Å²) in [6.07, 6.45) is 6.54. The van der Waals surface area contributed by atoms with Crippen molar-refractivity contribution < 1.29 is 12.6 Å². The van der Waals surface area contributed by atoms with Crippen molar-refractivity contribution in [2.24, 2.45) is 0 Å². The highest BCUT2D eigenvalue weighted by molar-refractivity contribution is 9.09. The van der Waals surface area contributed by atoms with E-state index in [1.54, 1.807) is 24.3 Å². The molecule has 1 unspecified atom stereocenters. The summed E-state index contributed by atoms with van der Waals surface area (Å²) >= 11 is 3.48. The molecule has 0 spiro atoms. The Morgan fingerprint density at radius 2 is 1.61 bits per heavy atom. The summed E-state index contributed by atoms with van der Waals surface area (Å²) in [7, 11) is -3.70. The molecule has 0 saturated carbocycles. The number of rotatable bonds is 12. The Morgan fingerprint density at radius 3 is 2.29 bits per heavy atom. The zero-order valence-electron chi connectivity index (χ0n) is 16.9. The number of benzene rings is 2. The lowest BCUT2D eigenvalue weighted by Crippen LogP contribution is -2.11. The van der Waals surface area contributed by atoms with E-state index < -0.39 is 10.1 Å². The monoisotopic (exact) mass is 466 g/mol. The molecule has 0 aromatic heterocycles. The Hall–Kier alpha value is -1.17. The third-order valence-electron chi connectivity index (χ3n) is 4.96. The van der Waals surface area contributed by atoms with Gasteiger partial charge in [-0.05, 0) is 56.7 Å². The fourth-order valence-corrected chi connectivity index (χ4v) is 4.63. The standard InChI is InChI=1S/C23H31BrO3S/c1-19-11-13-23(14-12-19)28(25,26)27-17-15-21(9-5-3-4-6-16-24)22-10-7-8-20(2)18-22/h7-8,10-14,18,21H,3-6,9,15-17H2,1-2H3. The zero-order valence-corrected chi connectivity index (χ0v) is 19.3. The SMILES string of the molecule is Cc1ccc(S(=O)(=O)OCCC(CCCCCCBr)c2cccc(C)c2)cc1. The number of hydrogen-bond donors (Lipinski definition) is 0. The van der Waals surface area contributed by atoms with Gasteiger partial charge in [0.05, 0.1) is 11.5 Å². The third kappa shape index (κ3) is 7.69. The van der Waals surface area contributed by atoms with Crippen LogP contribution in [0.1, 0.15) is 61.1 Å². The minimum Gasteiger partial charge on any atom is -0.266 e. The molecule has 0 aliphatic rings. The molecule has 0 aliphatic heterocycles. The molecule has 0 aliphatic carbocycles.